The Balaban J connectivity index is 2.03. The lowest BCUT2D eigenvalue weighted by molar-refractivity contribution is 1.12. The lowest BCUT2D eigenvalue weighted by atomic mass is 9.99. The molecule has 0 atom stereocenters. The number of fused-ring (bicyclic) bond motifs is 1. The van der Waals surface area contributed by atoms with E-state index in [1.54, 1.807) is 0 Å². The van der Waals surface area contributed by atoms with E-state index in [-0.39, 0.29) is 0 Å². The van der Waals surface area contributed by atoms with E-state index in [2.05, 4.69) is 86.4 Å². The summed E-state index contributed by atoms with van der Waals surface area (Å²) in [6, 6.07) is 14.8. The molecule has 23 heavy (non-hydrogen) atoms. The smallest absolute Gasteiger partial charge is 0.0707 e. The second-order valence-electron chi connectivity index (χ2n) is 6.14. The Morgan fingerprint density at radius 3 is 2.30 bits per heavy atom. The van der Waals surface area contributed by atoms with Gasteiger partial charge in [-0.25, -0.2) is 0 Å². The fraction of sp³-hybridized carbons (Fsp3) is 0.190. The Bertz CT molecular complexity index is 848. The van der Waals surface area contributed by atoms with Gasteiger partial charge in [-0.15, -0.1) is 0 Å². The van der Waals surface area contributed by atoms with Crippen molar-refractivity contribution in [3.8, 4) is 0 Å². The predicted octanol–water partition coefficient (Wildman–Crippen LogP) is 5.09. The van der Waals surface area contributed by atoms with Gasteiger partial charge >= 0.3 is 0 Å². The molecule has 0 amide bonds. The average Bonchev–Trinajstić information content (AvgIpc) is 2.54. The molecule has 1 aromatic heterocycles. The Labute approximate surface area is 138 Å². The van der Waals surface area contributed by atoms with E-state index in [1.165, 1.54) is 33.3 Å². The lowest BCUT2D eigenvalue weighted by Gasteiger charge is -2.16. The molecule has 0 saturated heterocycles. The number of aromatic nitrogens is 1. The third kappa shape index (κ3) is 3.11. The Hall–Kier alpha value is -2.61. The van der Waals surface area contributed by atoms with E-state index in [9.17, 15) is 0 Å². The first-order valence-corrected chi connectivity index (χ1v) is 7.86. The van der Waals surface area contributed by atoms with Gasteiger partial charge in [0.05, 0.1) is 5.52 Å². The van der Waals surface area contributed by atoms with Crippen LogP contribution in [0.2, 0.25) is 0 Å². The molecule has 0 unspecified atom stereocenters. The van der Waals surface area contributed by atoms with Crippen LogP contribution in [0.1, 0.15) is 22.3 Å². The average molecular weight is 302 g/mol. The summed E-state index contributed by atoms with van der Waals surface area (Å²) >= 11 is 0. The van der Waals surface area contributed by atoms with Crippen molar-refractivity contribution in [2.45, 2.75) is 13.8 Å². The van der Waals surface area contributed by atoms with Gasteiger partial charge in [-0.3, -0.25) is 4.98 Å². The maximum absolute atomic E-state index is 4.42. The molecular weight excluding hydrogens is 280 g/mol. The number of nitrogens with zero attached hydrogens (tertiary/aromatic N) is 2. The van der Waals surface area contributed by atoms with E-state index in [4.69, 9.17) is 0 Å². The van der Waals surface area contributed by atoms with Crippen LogP contribution in [0.25, 0.3) is 23.1 Å². The van der Waals surface area contributed by atoms with Crippen molar-refractivity contribution >= 4 is 28.7 Å². The molecule has 2 aromatic carbocycles. The third-order valence-corrected chi connectivity index (χ3v) is 4.21. The van der Waals surface area contributed by atoms with Crippen molar-refractivity contribution in [3.63, 3.8) is 0 Å². The van der Waals surface area contributed by atoms with Crippen molar-refractivity contribution in [2.24, 2.45) is 0 Å². The fourth-order valence-corrected chi connectivity index (χ4v) is 2.91. The number of para-hydroxylation sites is 1. The third-order valence-electron chi connectivity index (χ3n) is 4.21. The molecule has 0 N–H and O–H groups in total. The van der Waals surface area contributed by atoms with Gasteiger partial charge in [0.2, 0.25) is 0 Å². The van der Waals surface area contributed by atoms with Crippen molar-refractivity contribution in [2.75, 3.05) is 19.0 Å². The molecule has 0 radical (unpaired) electrons. The van der Waals surface area contributed by atoms with Crippen LogP contribution in [-0.4, -0.2) is 19.1 Å². The van der Waals surface area contributed by atoms with Crippen LogP contribution in [0.4, 0.5) is 5.69 Å². The van der Waals surface area contributed by atoms with Crippen molar-refractivity contribution in [1.29, 1.82) is 0 Å². The second kappa shape index (κ2) is 6.25. The standard InChI is InChI=1S/C21H22N2/c1-15-13-18(23(3)4)14-16(2)19(15)10-9-17-11-12-22-21-8-6-5-7-20(17)21/h5-14H,1-4H3/b10-9+. The van der Waals surface area contributed by atoms with Crippen LogP contribution in [0, 0.1) is 13.8 Å². The van der Waals surface area contributed by atoms with E-state index >= 15 is 0 Å². The predicted molar refractivity (Wildman–Crippen MR) is 101 cm³/mol. The summed E-state index contributed by atoms with van der Waals surface area (Å²) in [5.74, 6) is 0. The van der Waals surface area contributed by atoms with E-state index in [0.717, 1.165) is 5.52 Å². The van der Waals surface area contributed by atoms with Gasteiger partial charge < -0.3 is 4.90 Å². The SMILES string of the molecule is Cc1cc(N(C)C)cc(C)c1/C=C/c1ccnc2ccccc12. The van der Waals surface area contributed by atoms with Crippen LogP contribution >= 0.6 is 0 Å². The first-order chi connectivity index (χ1) is 11.1. The number of anilines is 1. The van der Waals surface area contributed by atoms with Crippen LogP contribution < -0.4 is 4.90 Å². The first-order valence-electron chi connectivity index (χ1n) is 7.86. The summed E-state index contributed by atoms with van der Waals surface area (Å²) in [5.41, 5.74) is 7.35. The molecule has 0 spiro atoms. The first kappa shape index (κ1) is 15.3. The number of aryl methyl sites for hydroxylation is 2. The van der Waals surface area contributed by atoms with Gasteiger partial charge in [0.25, 0.3) is 0 Å². The summed E-state index contributed by atoms with van der Waals surface area (Å²) in [4.78, 5) is 6.57. The summed E-state index contributed by atoms with van der Waals surface area (Å²) in [7, 11) is 4.15. The highest BCUT2D eigenvalue weighted by Gasteiger charge is 2.04. The summed E-state index contributed by atoms with van der Waals surface area (Å²) in [6.45, 7) is 4.34. The van der Waals surface area contributed by atoms with Gasteiger partial charge in [0.1, 0.15) is 0 Å². The monoisotopic (exact) mass is 302 g/mol. The number of benzene rings is 2. The second-order valence-corrected chi connectivity index (χ2v) is 6.14. The van der Waals surface area contributed by atoms with E-state index in [0.29, 0.717) is 0 Å². The molecule has 116 valence electrons. The van der Waals surface area contributed by atoms with Crippen LogP contribution in [0.5, 0.6) is 0 Å². The van der Waals surface area contributed by atoms with Gasteiger partial charge in [-0.05, 0) is 60.4 Å². The molecule has 0 aliphatic rings. The van der Waals surface area contributed by atoms with Crippen LogP contribution in [0.3, 0.4) is 0 Å². The maximum Gasteiger partial charge on any atom is 0.0707 e. The van der Waals surface area contributed by atoms with Gasteiger partial charge in [0, 0.05) is 31.4 Å². The highest BCUT2D eigenvalue weighted by atomic mass is 15.1. The minimum Gasteiger partial charge on any atom is -0.378 e. The number of rotatable bonds is 3. The number of hydrogen-bond acceptors (Lipinski definition) is 2. The molecule has 3 rings (SSSR count). The van der Waals surface area contributed by atoms with E-state index in [1.807, 2.05) is 12.3 Å². The molecule has 1 heterocycles. The zero-order chi connectivity index (χ0) is 16.4. The van der Waals surface area contributed by atoms with Crippen molar-refractivity contribution in [1.82, 2.24) is 4.98 Å². The highest BCUT2D eigenvalue weighted by molar-refractivity contribution is 5.90. The Kier molecular flexibility index (Phi) is 4.16. The largest absolute Gasteiger partial charge is 0.378 e. The maximum atomic E-state index is 4.42. The summed E-state index contributed by atoms with van der Waals surface area (Å²) in [6.07, 6.45) is 6.28. The fourth-order valence-electron chi connectivity index (χ4n) is 2.91. The Morgan fingerprint density at radius 2 is 1.61 bits per heavy atom. The molecule has 2 heteroatoms. The molecule has 0 saturated carbocycles. The molecule has 2 nitrogen and oxygen atoms in total. The van der Waals surface area contributed by atoms with Crippen molar-refractivity contribution in [3.05, 3.63) is 70.9 Å². The zero-order valence-electron chi connectivity index (χ0n) is 14.2. The molecule has 0 aliphatic heterocycles. The number of hydrogen-bond donors (Lipinski definition) is 0. The summed E-state index contributed by atoms with van der Waals surface area (Å²) < 4.78 is 0. The topological polar surface area (TPSA) is 16.1 Å². The van der Waals surface area contributed by atoms with Gasteiger partial charge in [-0.2, -0.15) is 0 Å². The van der Waals surface area contributed by atoms with Crippen LogP contribution in [0.15, 0.2) is 48.7 Å². The quantitative estimate of drug-likeness (QED) is 0.670. The minimum absolute atomic E-state index is 1.03. The molecule has 0 bridgehead atoms. The number of pyridine rings is 1. The van der Waals surface area contributed by atoms with Crippen molar-refractivity contribution < 1.29 is 0 Å². The molecule has 3 aromatic rings. The van der Waals surface area contributed by atoms with Gasteiger partial charge in [-0.1, -0.05) is 30.4 Å². The van der Waals surface area contributed by atoms with E-state index < -0.39 is 0 Å². The molecule has 0 aliphatic carbocycles. The highest BCUT2D eigenvalue weighted by Crippen LogP contribution is 2.25. The Morgan fingerprint density at radius 1 is 0.913 bits per heavy atom. The summed E-state index contributed by atoms with van der Waals surface area (Å²) in [5, 5.41) is 1.19. The molecular formula is C21H22N2. The minimum atomic E-state index is 1.03. The van der Waals surface area contributed by atoms with Gasteiger partial charge in [0.15, 0.2) is 0 Å². The zero-order valence-corrected chi connectivity index (χ0v) is 14.2. The molecule has 0 fully saturated rings. The van der Waals surface area contributed by atoms with Crippen LogP contribution in [-0.2, 0) is 0 Å². The lowest BCUT2D eigenvalue weighted by Crippen LogP contribution is -2.09. The normalized spacial score (nSPS) is 11.3.